The van der Waals surface area contributed by atoms with Crippen LogP contribution in [-0.4, -0.2) is 40.7 Å². The molecule has 5 nitrogen and oxygen atoms in total. The van der Waals surface area contributed by atoms with Gasteiger partial charge < -0.3 is 9.64 Å². The third-order valence-corrected chi connectivity index (χ3v) is 3.89. The highest BCUT2D eigenvalue weighted by atomic mass is 19.1. The van der Waals surface area contributed by atoms with E-state index in [0.717, 1.165) is 25.1 Å². The van der Waals surface area contributed by atoms with E-state index in [2.05, 4.69) is 10.2 Å². The second kappa shape index (κ2) is 6.60. The molecule has 1 aromatic heterocycles. The summed E-state index contributed by atoms with van der Waals surface area (Å²) >= 11 is 0. The van der Waals surface area contributed by atoms with Crippen LogP contribution in [0.5, 0.6) is 5.75 Å². The number of carbonyl (C=O) groups excluding carboxylic acids is 1. The lowest BCUT2D eigenvalue weighted by molar-refractivity contribution is -0.134. The van der Waals surface area contributed by atoms with Gasteiger partial charge in [0.25, 0.3) is 5.91 Å². The van der Waals surface area contributed by atoms with Crippen molar-refractivity contribution in [3.63, 3.8) is 0 Å². The van der Waals surface area contributed by atoms with Gasteiger partial charge in [0.15, 0.2) is 6.61 Å². The Bertz CT molecular complexity index is 630. The Kier molecular flexibility index (Phi) is 4.37. The van der Waals surface area contributed by atoms with Crippen molar-refractivity contribution in [1.82, 2.24) is 15.1 Å². The molecule has 1 aromatic carbocycles. The second-order valence-corrected chi connectivity index (χ2v) is 5.44. The first kappa shape index (κ1) is 14.6. The number of hydrogen-bond donors (Lipinski definition) is 1. The number of nitrogens with one attached hydrogen (secondary N) is 1. The number of carbonyl (C=O) groups is 1. The van der Waals surface area contributed by atoms with E-state index in [1.165, 1.54) is 12.1 Å². The number of halogens is 1. The van der Waals surface area contributed by atoms with E-state index in [1.54, 1.807) is 23.2 Å². The molecule has 1 aliphatic heterocycles. The van der Waals surface area contributed by atoms with E-state index in [9.17, 15) is 9.18 Å². The summed E-state index contributed by atoms with van der Waals surface area (Å²) in [4.78, 5) is 14.1. The average molecular weight is 303 g/mol. The Balaban J connectivity index is 1.55. The fraction of sp³-hybridized carbons (Fsp3) is 0.375. The molecule has 22 heavy (non-hydrogen) atoms. The van der Waals surface area contributed by atoms with E-state index in [4.69, 9.17) is 4.74 Å². The molecule has 0 aliphatic carbocycles. The number of H-pyrrole nitrogens is 1. The topological polar surface area (TPSA) is 58.2 Å². The molecule has 2 heterocycles. The van der Waals surface area contributed by atoms with Crippen molar-refractivity contribution in [3.8, 4) is 5.75 Å². The smallest absolute Gasteiger partial charge is 0.260 e. The molecule has 0 radical (unpaired) electrons. The highest BCUT2D eigenvalue weighted by Crippen LogP contribution is 2.25. The minimum atomic E-state index is -0.373. The van der Waals surface area contributed by atoms with Gasteiger partial charge in [-0.1, -0.05) is 6.07 Å². The van der Waals surface area contributed by atoms with Crippen LogP contribution in [0.2, 0.25) is 0 Å². The van der Waals surface area contributed by atoms with Crippen molar-refractivity contribution in [3.05, 3.63) is 48.0 Å². The first-order chi connectivity index (χ1) is 10.7. The summed E-state index contributed by atoms with van der Waals surface area (Å²) in [5, 5.41) is 6.93. The lowest BCUT2D eigenvalue weighted by Gasteiger charge is -2.32. The molecule has 116 valence electrons. The second-order valence-electron chi connectivity index (χ2n) is 5.44. The Labute approximate surface area is 128 Å². The van der Waals surface area contributed by atoms with Crippen LogP contribution in [0.4, 0.5) is 4.39 Å². The Morgan fingerprint density at radius 2 is 2.36 bits per heavy atom. The van der Waals surface area contributed by atoms with Crippen LogP contribution in [-0.2, 0) is 4.79 Å². The minimum Gasteiger partial charge on any atom is -0.484 e. The van der Waals surface area contributed by atoms with E-state index >= 15 is 0 Å². The molecular weight excluding hydrogens is 285 g/mol. The molecular formula is C16H18FN3O2. The van der Waals surface area contributed by atoms with E-state index in [1.807, 2.05) is 6.07 Å². The van der Waals surface area contributed by atoms with Gasteiger partial charge in [0.2, 0.25) is 0 Å². The van der Waals surface area contributed by atoms with Gasteiger partial charge in [0.1, 0.15) is 11.6 Å². The van der Waals surface area contributed by atoms with E-state index in [0.29, 0.717) is 12.3 Å². The molecule has 1 N–H and O–H groups in total. The van der Waals surface area contributed by atoms with Gasteiger partial charge in [-0.05, 0) is 31.0 Å². The number of ether oxygens (including phenoxy) is 1. The van der Waals surface area contributed by atoms with E-state index in [-0.39, 0.29) is 24.2 Å². The Morgan fingerprint density at radius 3 is 3.14 bits per heavy atom. The first-order valence-electron chi connectivity index (χ1n) is 7.38. The third kappa shape index (κ3) is 3.44. The molecule has 1 unspecified atom stereocenters. The van der Waals surface area contributed by atoms with Gasteiger partial charge >= 0.3 is 0 Å². The monoisotopic (exact) mass is 303 g/mol. The largest absolute Gasteiger partial charge is 0.484 e. The Morgan fingerprint density at radius 1 is 1.45 bits per heavy atom. The molecule has 1 saturated heterocycles. The number of piperidine rings is 1. The van der Waals surface area contributed by atoms with Crippen molar-refractivity contribution in [2.45, 2.75) is 18.8 Å². The van der Waals surface area contributed by atoms with Crippen LogP contribution in [0, 0.1) is 5.82 Å². The van der Waals surface area contributed by atoms with Crippen molar-refractivity contribution in [2.24, 2.45) is 0 Å². The van der Waals surface area contributed by atoms with Gasteiger partial charge in [0, 0.05) is 37.0 Å². The molecule has 6 heteroatoms. The predicted molar refractivity (Wildman–Crippen MR) is 79.0 cm³/mol. The van der Waals surface area contributed by atoms with Crippen LogP contribution in [0.1, 0.15) is 24.5 Å². The van der Waals surface area contributed by atoms with Crippen molar-refractivity contribution in [2.75, 3.05) is 19.7 Å². The summed E-state index contributed by atoms with van der Waals surface area (Å²) in [7, 11) is 0. The number of likely N-dealkylation sites (tertiary alicyclic amines) is 1. The zero-order valence-electron chi connectivity index (χ0n) is 12.2. The van der Waals surface area contributed by atoms with Crippen LogP contribution >= 0.6 is 0 Å². The number of benzene rings is 1. The summed E-state index contributed by atoms with van der Waals surface area (Å²) < 4.78 is 18.4. The first-order valence-corrected chi connectivity index (χ1v) is 7.38. The summed E-state index contributed by atoms with van der Waals surface area (Å²) in [6, 6.07) is 7.76. The summed E-state index contributed by atoms with van der Waals surface area (Å²) in [6.07, 6.45) is 3.72. The maximum Gasteiger partial charge on any atom is 0.260 e. The van der Waals surface area contributed by atoms with Gasteiger partial charge in [0.05, 0.1) is 0 Å². The fourth-order valence-electron chi connectivity index (χ4n) is 2.74. The lowest BCUT2D eigenvalue weighted by atomic mass is 9.95. The standard InChI is InChI=1S/C16H18FN3O2/c17-13-4-1-5-14(9-13)22-11-16(21)20-8-2-3-12(10-20)15-6-7-18-19-15/h1,4-7,9,12H,2-3,8,10-11H2,(H,18,19). The molecule has 0 spiro atoms. The molecule has 1 atom stereocenters. The average Bonchev–Trinajstić information content (AvgIpc) is 3.07. The summed E-state index contributed by atoms with van der Waals surface area (Å²) in [5.41, 5.74) is 1.06. The maximum absolute atomic E-state index is 13.1. The highest BCUT2D eigenvalue weighted by molar-refractivity contribution is 5.78. The molecule has 1 aliphatic rings. The van der Waals surface area contributed by atoms with Gasteiger partial charge in [-0.2, -0.15) is 5.10 Å². The number of hydrogen-bond acceptors (Lipinski definition) is 3. The van der Waals surface area contributed by atoms with Gasteiger partial charge in [-0.15, -0.1) is 0 Å². The van der Waals surface area contributed by atoms with Gasteiger partial charge in [-0.25, -0.2) is 4.39 Å². The SMILES string of the molecule is O=C(COc1cccc(F)c1)N1CCCC(c2ccn[nH]2)C1. The number of nitrogens with zero attached hydrogens (tertiary/aromatic N) is 2. The number of aromatic amines is 1. The molecule has 0 bridgehead atoms. The highest BCUT2D eigenvalue weighted by Gasteiger charge is 2.25. The molecule has 2 aromatic rings. The van der Waals surface area contributed by atoms with E-state index < -0.39 is 0 Å². The molecule has 3 rings (SSSR count). The Hall–Kier alpha value is -2.37. The minimum absolute atomic E-state index is 0.0703. The zero-order valence-corrected chi connectivity index (χ0v) is 12.2. The summed E-state index contributed by atoms with van der Waals surface area (Å²) in [5.74, 6) is 0.209. The quantitative estimate of drug-likeness (QED) is 0.943. The third-order valence-electron chi connectivity index (χ3n) is 3.89. The number of amides is 1. The van der Waals surface area contributed by atoms with Gasteiger partial charge in [-0.3, -0.25) is 9.89 Å². The van der Waals surface area contributed by atoms with Crippen molar-refractivity contribution < 1.29 is 13.9 Å². The van der Waals surface area contributed by atoms with Crippen molar-refractivity contribution >= 4 is 5.91 Å². The maximum atomic E-state index is 13.1. The normalized spacial score (nSPS) is 18.2. The lowest BCUT2D eigenvalue weighted by Crippen LogP contribution is -2.41. The molecule has 1 fully saturated rings. The van der Waals surface area contributed by atoms with Crippen LogP contribution in [0.15, 0.2) is 36.5 Å². The van der Waals surface area contributed by atoms with Crippen LogP contribution in [0.25, 0.3) is 0 Å². The predicted octanol–water partition coefficient (Wildman–Crippen LogP) is 2.33. The van der Waals surface area contributed by atoms with Crippen LogP contribution in [0.3, 0.4) is 0 Å². The number of rotatable bonds is 4. The molecule has 1 amide bonds. The van der Waals surface area contributed by atoms with Crippen molar-refractivity contribution in [1.29, 1.82) is 0 Å². The van der Waals surface area contributed by atoms with Crippen LogP contribution < -0.4 is 4.74 Å². The zero-order chi connectivity index (χ0) is 15.4. The summed E-state index contributed by atoms with van der Waals surface area (Å²) in [6.45, 7) is 1.32. The number of aromatic nitrogens is 2. The fourth-order valence-corrected chi connectivity index (χ4v) is 2.74. The molecule has 0 saturated carbocycles.